The molecule has 0 heterocycles. The summed E-state index contributed by atoms with van der Waals surface area (Å²) in [6, 6.07) is 0. The zero-order valence-electron chi connectivity index (χ0n) is 12.7. The average molecular weight is 246 g/mol. The van der Waals surface area contributed by atoms with Crippen molar-refractivity contribution in [2.24, 2.45) is 29.6 Å². The molecule has 0 amide bonds. The van der Waals surface area contributed by atoms with Crippen LogP contribution in [0.2, 0.25) is 0 Å². The molecule has 1 saturated carbocycles. The van der Waals surface area contributed by atoms with Gasteiger partial charge in [-0.3, -0.25) is 0 Å². The van der Waals surface area contributed by atoms with Gasteiger partial charge in [-0.25, -0.2) is 0 Å². The Hall–Kier alpha value is -0.520. The van der Waals surface area contributed by atoms with E-state index in [0.717, 1.165) is 23.7 Å². The molecule has 0 spiro atoms. The SMILES string of the molecule is CC(C)C1=CC(CCC2CCC(C(C)C)C2)C=C1. The summed E-state index contributed by atoms with van der Waals surface area (Å²) in [5, 5.41) is 0. The van der Waals surface area contributed by atoms with Crippen molar-refractivity contribution >= 4 is 0 Å². The Morgan fingerprint density at radius 2 is 1.89 bits per heavy atom. The van der Waals surface area contributed by atoms with Gasteiger partial charge in [0.1, 0.15) is 0 Å². The van der Waals surface area contributed by atoms with Crippen molar-refractivity contribution in [2.75, 3.05) is 0 Å². The van der Waals surface area contributed by atoms with E-state index in [1.165, 1.54) is 32.1 Å². The Bertz CT molecular complexity index is 319. The van der Waals surface area contributed by atoms with Crippen LogP contribution in [0.25, 0.3) is 0 Å². The quantitative estimate of drug-likeness (QED) is 0.591. The summed E-state index contributed by atoms with van der Waals surface area (Å²) in [5.41, 5.74) is 1.55. The second kappa shape index (κ2) is 6.08. The molecule has 3 unspecified atom stereocenters. The first-order valence-corrected chi connectivity index (χ1v) is 7.96. The van der Waals surface area contributed by atoms with Crippen LogP contribution in [-0.4, -0.2) is 0 Å². The Labute approximate surface area is 114 Å². The Kier molecular flexibility index (Phi) is 4.70. The molecule has 0 bridgehead atoms. The van der Waals surface area contributed by atoms with Crippen LogP contribution in [-0.2, 0) is 0 Å². The van der Waals surface area contributed by atoms with Crippen molar-refractivity contribution in [3.8, 4) is 0 Å². The summed E-state index contributed by atoms with van der Waals surface area (Å²) in [6.07, 6.45) is 14.6. The second-order valence-corrected chi connectivity index (χ2v) is 7.10. The van der Waals surface area contributed by atoms with E-state index in [1.807, 2.05) is 0 Å². The van der Waals surface area contributed by atoms with Crippen LogP contribution in [0.4, 0.5) is 0 Å². The van der Waals surface area contributed by atoms with Crippen molar-refractivity contribution in [3.63, 3.8) is 0 Å². The summed E-state index contributed by atoms with van der Waals surface area (Å²) in [6.45, 7) is 9.38. The fourth-order valence-corrected chi connectivity index (χ4v) is 3.57. The maximum Gasteiger partial charge on any atom is -0.00443 e. The van der Waals surface area contributed by atoms with E-state index in [-0.39, 0.29) is 0 Å². The van der Waals surface area contributed by atoms with Gasteiger partial charge in [0, 0.05) is 0 Å². The largest absolute Gasteiger partial charge is 0.0773 e. The molecule has 0 saturated heterocycles. The van der Waals surface area contributed by atoms with Gasteiger partial charge >= 0.3 is 0 Å². The number of hydrogen-bond donors (Lipinski definition) is 0. The molecule has 0 aromatic carbocycles. The van der Waals surface area contributed by atoms with Crippen LogP contribution in [0.3, 0.4) is 0 Å². The van der Waals surface area contributed by atoms with E-state index < -0.39 is 0 Å². The number of allylic oxidation sites excluding steroid dienone is 4. The molecule has 0 aliphatic heterocycles. The highest BCUT2D eigenvalue weighted by atomic mass is 14.3. The minimum absolute atomic E-state index is 0.697. The van der Waals surface area contributed by atoms with Crippen molar-refractivity contribution in [2.45, 2.75) is 59.8 Å². The summed E-state index contributed by atoms with van der Waals surface area (Å²) in [5.74, 6) is 4.36. The minimum atomic E-state index is 0.697. The fourth-order valence-electron chi connectivity index (χ4n) is 3.57. The van der Waals surface area contributed by atoms with E-state index in [2.05, 4.69) is 45.9 Å². The molecule has 0 N–H and O–H groups in total. The zero-order chi connectivity index (χ0) is 13.1. The lowest BCUT2D eigenvalue weighted by Crippen LogP contribution is -2.05. The lowest BCUT2D eigenvalue weighted by Gasteiger charge is -2.15. The van der Waals surface area contributed by atoms with Crippen molar-refractivity contribution < 1.29 is 0 Å². The molecule has 0 radical (unpaired) electrons. The molecule has 0 aromatic rings. The third-order valence-corrected chi connectivity index (χ3v) is 5.04. The van der Waals surface area contributed by atoms with Crippen molar-refractivity contribution in [1.82, 2.24) is 0 Å². The predicted octanol–water partition coefficient (Wildman–Crippen LogP) is 5.61. The summed E-state index contributed by atoms with van der Waals surface area (Å²) >= 11 is 0. The minimum Gasteiger partial charge on any atom is -0.0773 e. The van der Waals surface area contributed by atoms with E-state index in [9.17, 15) is 0 Å². The maximum absolute atomic E-state index is 2.50. The van der Waals surface area contributed by atoms with Crippen LogP contribution in [0, 0.1) is 29.6 Å². The van der Waals surface area contributed by atoms with Crippen molar-refractivity contribution in [3.05, 3.63) is 23.8 Å². The first kappa shape index (κ1) is 13.9. The Balaban J connectivity index is 1.73. The molecule has 2 aliphatic carbocycles. The molecule has 2 rings (SSSR count). The first-order valence-electron chi connectivity index (χ1n) is 7.96. The maximum atomic E-state index is 2.50. The summed E-state index contributed by atoms with van der Waals surface area (Å²) < 4.78 is 0. The van der Waals surface area contributed by atoms with Gasteiger partial charge in [0.25, 0.3) is 0 Å². The monoisotopic (exact) mass is 246 g/mol. The molecule has 2 aliphatic rings. The predicted molar refractivity (Wildman–Crippen MR) is 80.5 cm³/mol. The molecule has 102 valence electrons. The average Bonchev–Trinajstić information content (AvgIpc) is 2.95. The highest BCUT2D eigenvalue weighted by Crippen LogP contribution is 2.39. The standard InChI is InChI=1S/C18H30/c1-13(2)17-9-7-15(11-17)5-6-16-8-10-18(12-16)14(3)4/h7,9,11,13-16,18H,5-6,8,10,12H2,1-4H3. The van der Waals surface area contributed by atoms with Gasteiger partial charge in [0.15, 0.2) is 0 Å². The molecule has 1 fully saturated rings. The van der Waals surface area contributed by atoms with Crippen LogP contribution in [0.15, 0.2) is 23.8 Å². The topological polar surface area (TPSA) is 0 Å². The van der Waals surface area contributed by atoms with Gasteiger partial charge in [-0.1, -0.05) is 52.3 Å². The normalized spacial score (nSPS) is 31.7. The third-order valence-electron chi connectivity index (χ3n) is 5.04. The van der Waals surface area contributed by atoms with Crippen LogP contribution >= 0.6 is 0 Å². The second-order valence-electron chi connectivity index (χ2n) is 7.10. The summed E-state index contributed by atoms with van der Waals surface area (Å²) in [4.78, 5) is 0. The van der Waals surface area contributed by atoms with E-state index in [1.54, 1.807) is 5.57 Å². The lowest BCUT2D eigenvalue weighted by atomic mass is 9.90. The zero-order valence-corrected chi connectivity index (χ0v) is 12.7. The third kappa shape index (κ3) is 3.49. The van der Waals surface area contributed by atoms with Gasteiger partial charge in [-0.05, 0) is 60.8 Å². The first-order chi connectivity index (χ1) is 8.56. The number of rotatable bonds is 5. The van der Waals surface area contributed by atoms with Crippen LogP contribution < -0.4 is 0 Å². The Morgan fingerprint density at radius 3 is 2.44 bits per heavy atom. The van der Waals surface area contributed by atoms with Gasteiger partial charge in [0.2, 0.25) is 0 Å². The molecule has 3 atom stereocenters. The van der Waals surface area contributed by atoms with Gasteiger partial charge in [0.05, 0.1) is 0 Å². The van der Waals surface area contributed by atoms with E-state index in [4.69, 9.17) is 0 Å². The van der Waals surface area contributed by atoms with Gasteiger partial charge < -0.3 is 0 Å². The molecule has 0 heteroatoms. The molecular formula is C18H30. The number of hydrogen-bond acceptors (Lipinski definition) is 0. The van der Waals surface area contributed by atoms with Gasteiger partial charge in [-0.2, -0.15) is 0 Å². The van der Waals surface area contributed by atoms with Crippen LogP contribution in [0.1, 0.15) is 59.8 Å². The van der Waals surface area contributed by atoms with Crippen molar-refractivity contribution in [1.29, 1.82) is 0 Å². The van der Waals surface area contributed by atoms with Crippen LogP contribution in [0.5, 0.6) is 0 Å². The van der Waals surface area contributed by atoms with E-state index in [0.29, 0.717) is 5.92 Å². The molecule has 0 nitrogen and oxygen atoms in total. The molecular weight excluding hydrogens is 216 g/mol. The summed E-state index contributed by atoms with van der Waals surface area (Å²) in [7, 11) is 0. The fraction of sp³-hybridized carbons (Fsp3) is 0.778. The molecule has 0 aromatic heterocycles. The lowest BCUT2D eigenvalue weighted by molar-refractivity contribution is 0.367. The van der Waals surface area contributed by atoms with E-state index >= 15 is 0 Å². The smallest absolute Gasteiger partial charge is 0.00443 e. The highest BCUT2D eigenvalue weighted by Gasteiger charge is 2.26. The van der Waals surface area contributed by atoms with Gasteiger partial charge in [-0.15, -0.1) is 0 Å². The molecule has 18 heavy (non-hydrogen) atoms. The highest BCUT2D eigenvalue weighted by molar-refractivity contribution is 5.30. The Morgan fingerprint density at radius 1 is 1.11 bits per heavy atom.